The minimum absolute atomic E-state index is 0.132. The van der Waals surface area contributed by atoms with Crippen molar-refractivity contribution in [2.45, 2.75) is 15.1 Å². The Balaban J connectivity index is 1.82. The van der Waals surface area contributed by atoms with Crippen LogP contribution in [-0.2, 0) is 4.79 Å². The molecular weight excluding hydrogens is 369 g/mol. The molecule has 0 aliphatic heterocycles. The molecule has 0 spiro atoms. The summed E-state index contributed by atoms with van der Waals surface area (Å²) < 4.78 is 1.78. The van der Waals surface area contributed by atoms with E-state index < -0.39 is 0 Å². The number of aromatic nitrogens is 2. The standard InChI is InChI=1S/C12H11Cl2N3OS3/c1-19-11-16-17-12(21-11)20-6-5-9(18)15-10-7(13)3-2-4-8(10)14/h2-4H,5-6H2,1H3,(H,15,18). The molecule has 0 radical (unpaired) electrons. The average Bonchev–Trinajstić information content (AvgIpc) is 2.91. The number of hydrogen-bond acceptors (Lipinski definition) is 6. The summed E-state index contributed by atoms with van der Waals surface area (Å²) in [6.45, 7) is 0. The lowest BCUT2D eigenvalue weighted by molar-refractivity contribution is -0.115. The Hall–Kier alpha value is -0.470. The summed E-state index contributed by atoms with van der Waals surface area (Å²) >= 11 is 16.6. The van der Waals surface area contributed by atoms with Gasteiger partial charge in [-0.3, -0.25) is 4.79 Å². The normalized spacial score (nSPS) is 10.6. The number of para-hydroxylation sites is 1. The minimum Gasteiger partial charge on any atom is -0.324 e. The number of hydrogen-bond donors (Lipinski definition) is 1. The van der Waals surface area contributed by atoms with Crippen molar-refractivity contribution in [2.24, 2.45) is 0 Å². The first kappa shape index (κ1) is 16.9. The fourth-order valence-electron chi connectivity index (χ4n) is 1.39. The van der Waals surface area contributed by atoms with Gasteiger partial charge in [-0.05, 0) is 18.4 Å². The molecule has 0 atom stereocenters. The zero-order valence-electron chi connectivity index (χ0n) is 10.9. The molecule has 4 nitrogen and oxygen atoms in total. The van der Waals surface area contributed by atoms with Gasteiger partial charge in [0.25, 0.3) is 0 Å². The van der Waals surface area contributed by atoms with Crippen LogP contribution >= 0.6 is 58.1 Å². The summed E-state index contributed by atoms with van der Waals surface area (Å²) in [4.78, 5) is 11.9. The lowest BCUT2D eigenvalue weighted by Gasteiger charge is -2.08. The molecule has 21 heavy (non-hydrogen) atoms. The third-order valence-electron chi connectivity index (χ3n) is 2.34. The van der Waals surface area contributed by atoms with Crippen molar-refractivity contribution in [3.8, 4) is 0 Å². The number of halogens is 2. The van der Waals surface area contributed by atoms with Crippen LogP contribution < -0.4 is 5.32 Å². The molecule has 1 N–H and O–H groups in total. The van der Waals surface area contributed by atoms with E-state index in [1.54, 1.807) is 30.0 Å². The van der Waals surface area contributed by atoms with Crippen LogP contribution in [0.15, 0.2) is 26.9 Å². The molecule has 2 rings (SSSR count). The van der Waals surface area contributed by atoms with Gasteiger partial charge in [-0.2, -0.15) is 0 Å². The van der Waals surface area contributed by atoms with Gasteiger partial charge in [-0.15, -0.1) is 10.2 Å². The molecule has 0 aliphatic rings. The Morgan fingerprint density at radius 3 is 2.57 bits per heavy atom. The topological polar surface area (TPSA) is 54.9 Å². The summed E-state index contributed by atoms with van der Waals surface area (Å²) in [6.07, 6.45) is 2.30. The Morgan fingerprint density at radius 1 is 1.29 bits per heavy atom. The van der Waals surface area contributed by atoms with Crippen LogP contribution in [0, 0.1) is 0 Å². The predicted octanol–water partition coefficient (Wildman–Crippen LogP) is 4.69. The smallest absolute Gasteiger partial charge is 0.225 e. The van der Waals surface area contributed by atoms with Gasteiger partial charge in [-0.25, -0.2) is 0 Å². The zero-order chi connectivity index (χ0) is 15.2. The molecule has 0 unspecified atom stereocenters. The Labute approximate surface area is 145 Å². The van der Waals surface area contributed by atoms with Crippen molar-refractivity contribution < 1.29 is 4.79 Å². The maximum atomic E-state index is 11.9. The van der Waals surface area contributed by atoms with Crippen molar-refractivity contribution >= 4 is 69.7 Å². The second-order valence-electron chi connectivity index (χ2n) is 3.78. The molecule has 2 aromatic rings. The third-order valence-corrected chi connectivity index (χ3v) is 6.01. The van der Waals surface area contributed by atoms with Gasteiger partial charge in [0.05, 0.1) is 15.7 Å². The summed E-state index contributed by atoms with van der Waals surface area (Å²) in [5, 5.41) is 11.6. The van der Waals surface area contributed by atoms with Crippen molar-refractivity contribution in [1.29, 1.82) is 0 Å². The van der Waals surface area contributed by atoms with Gasteiger partial charge in [0.15, 0.2) is 8.68 Å². The highest BCUT2D eigenvalue weighted by atomic mass is 35.5. The number of rotatable bonds is 6. The number of nitrogens with zero attached hydrogens (tertiary/aromatic N) is 2. The fraction of sp³-hybridized carbons (Fsp3) is 0.250. The Bertz CT molecular complexity index is 616. The van der Waals surface area contributed by atoms with Crippen LogP contribution in [0.3, 0.4) is 0 Å². The molecule has 0 saturated carbocycles. The van der Waals surface area contributed by atoms with E-state index in [4.69, 9.17) is 23.2 Å². The highest BCUT2D eigenvalue weighted by Crippen LogP contribution is 2.30. The van der Waals surface area contributed by atoms with E-state index >= 15 is 0 Å². The molecule has 0 fully saturated rings. The van der Waals surface area contributed by atoms with Crippen molar-refractivity contribution in [1.82, 2.24) is 10.2 Å². The second kappa shape index (κ2) is 8.24. The average molecular weight is 380 g/mol. The molecular formula is C12H11Cl2N3OS3. The van der Waals surface area contributed by atoms with Crippen LogP contribution in [0.5, 0.6) is 0 Å². The van der Waals surface area contributed by atoms with E-state index in [9.17, 15) is 4.79 Å². The van der Waals surface area contributed by atoms with Gasteiger partial charge in [0.2, 0.25) is 5.91 Å². The fourth-order valence-corrected chi connectivity index (χ4v) is 4.33. The van der Waals surface area contributed by atoms with E-state index in [1.807, 2.05) is 6.26 Å². The maximum Gasteiger partial charge on any atom is 0.225 e. The molecule has 112 valence electrons. The second-order valence-corrected chi connectivity index (χ2v) is 7.97. The number of amides is 1. The Morgan fingerprint density at radius 2 is 1.95 bits per heavy atom. The highest BCUT2D eigenvalue weighted by Gasteiger charge is 2.10. The molecule has 0 aliphatic carbocycles. The first-order valence-corrected chi connectivity index (χ1v) is 9.62. The van der Waals surface area contributed by atoms with Crippen LogP contribution in [0.1, 0.15) is 6.42 Å². The Kier molecular flexibility index (Phi) is 6.63. The van der Waals surface area contributed by atoms with Crippen LogP contribution in [0.2, 0.25) is 10.0 Å². The molecule has 1 amide bonds. The molecule has 9 heteroatoms. The third kappa shape index (κ3) is 5.03. The van der Waals surface area contributed by atoms with Crippen molar-refractivity contribution in [3.05, 3.63) is 28.2 Å². The predicted molar refractivity (Wildman–Crippen MR) is 92.1 cm³/mol. The molecule has 1 aromatic heterocycles. The number of carbonyl (C=O) groups excluding carboxylic acids is 1. The number of carbonyl (C=O) groups is 1. The van der Waals surface area contributed by atoms with Gasteiger partial charge in [0.1, 0.15) is 0 Å². The number of thioether (sulfide) groups is 2. The van der Waals surface area contributed by atoms with Crippen molar-refractivity contribution in [3.63, 3.8) is 0 Å². The summed E-state index contributed by atoms with van der Waals surface area (Å²) in [5.74, 6) is 0.490. The minimum atomic E-state index is -0.132. The molecule has 1 aromatic carbocycles. The van der Waals surface area contributed by atoms with Gasteiger partial charge in [0, 0.05) is 12.2 Å². The van der Waals surface area contributed by atoms with E-state index in [2.05, 4.69) is 15.5 Å². The lowest BCUT2D eigenvalue weighted by atomic mass is 10.3. The summed E-state index contributed by atoms with van der Waals surface area (Å²) in [6, 6.07) is 5.10. The van der Waals surface area contributed by atoms with E-state index in [0.29, 0.717) is 27.9 Å². The highest BCUT2D eigenvalue weighted by molar-refractivity contribution is 8.02. The summed E-state index contributed by atoms with van der Waals surface area (Å²) in [7, 11) is 0. The number of anilines is 1. The molecule has 1 heterocycles. The van der Waals surface area contributed by atoms with Gasteiger partial charge in [-0.1, -0.05) is 64.1 Å². The van der Waals surface area contributed by atoms with E-state index in [-0.39, 0.29) is 5.91 Å². The lowest BCUT2D eigenvalue weighted by Crippen LogP contribution is -2.12. The first-order valence-electron chi connectivity index (χ1n) is 5.84. The van der Waals surface area contributed by atoms with E-state index in [1.165, 1.54) is 23.1 Å². The van der Waals surface area contributed by atoms with E-state index in [0.717, 1.165) is 8.68 Å². The zero-order valence-corrected chi connectivity index (χ0v) is 14.9. The van der Waals surface area contributed by atoms with Crippen molar-refractivity contribution in [2.75, 3.05) is 17.3 Å². The monoisotopic (exact) mass is 379 g/mol. The van der Waals surface area contributed by atoms with Crippen LogP contribution in [0.25, 0.3) is 0 Å². The van der Waals surface area contributed by atoms with Gasteiger partial charge < -0.3 is 5.32 Å². The van der Waals surface area contributed by atoms with Crippen LogP contribution in [0.4, 0.5) is 5.69 Å². The molecule has 0 bridgehead atoms. The summed E-state index contributed by atoms with van der Waals surface area (Å²) in [5.41, 5.74) is 0.455. The SMILES string of the molecule is CSc1nnc(SCCC(=O)Nc2c(Cl)cccc2Cl)s1. The van der Waals surface area contributed by atoms with Crippen LogP contribution in [-0.4, -0.2) is 28.1 Å². The number of nitrogens with one attached hydrogen (secondary N) is 1. The number of benzene rings is 1. The maximum absolute atomic E-state index is 11.9. The largest absolute Gasteiger partial charge is 0.324 e. The van der Waals surface area contributed by atoms with Gasteiger partial charge >= 0.3 is 0 Å². The molecule has 0 saturated heterocycles. The quantitative estimate of drug-likeness (QED) is 0.737. The first-order chi connectivity index (χ1) is 10.1.